The molecule has 0 fully saturated rings. The molecule has 1 aliphatic heterocycles. The Morgan fingerprint density at radius 2 is 2.38 bits per heavy atom. The molecule has 0 saturated heterocycles. The van der Waals surface area contributed by atoms with E-state index in [1.165, 1.54) is 7.11 Å². The largest absolute Gasteiger partial charge is 0.510 e. The molecule has 0 spiro atoms. The number of halogens is 1. The first-order valence-corrected chi connectivity index (χ1v) is 3.52. The Morgan fingerprint density at radius 1 is 1.69 bits per heavy atom. The fourth-order valence-corrected chi connectivity index (χ4v) is 0.820. The zero-order chi connectivity index (χ0) is 8.97. The monoisotopic (exact) mass is 209 g/mol. The van der Waals surface area contributed by atoms with Crippen molar-refractivity contribution in [2.24, 2.45) is 5.73 Å². The number of nitrogens with two attached hydrogens (primary N) is 1. The van der Waals surface area contributed by atoms with Crippen molar-refractivity contribution in [2.45, 2.75) is 12.3 Å². The van der Waals surface area contributed by atoms with Gasteiger partial charge in [-0.15, -0.1) is 12.4 Å². The summed E-state index contributed by atoms with van der Waals surface area (Å²) in [7, 11) is 1.23. The first kappa shape index (κ1) is 12.2. The summed E-state index contributed by atoms with van der Waals surface area (Å²) >= 11 is 0. The molecule has 0 aromatic heterocycles. The van der Waals surface area contributed by atoms with Crippen molar-refractivity contribution in [3.63, 3.8) is 0 Å². The molecule has 0 bridgehead atoms. The Balaban J connectivity index is 0.00000144. The molecule has 0 aromatic rings. The summed E-state index contributed by atoms with van der Waals surface area (Å²) < 4.78 is 14.0. The average Bonchev–Trinajstić information content (AvgIpc) is 2.09. The second-order valence-electron chi connectivity index (χ2n) is 2.28. The van der Waals surface area contributed by atoms with Gasteiger partial charge in [-0.1, -0.05) is 12.2 Å². The van der Waals surface area contributed by atoms with Gasteiger partial charge in [0.1, 0.15) is 0 Å². The zero-order valence-corrected chi connectivity index (χ0v) is 7.95. The van der Waals surface area contributed by atoms with Crippen LogP contribution in [-0.2, 0) is 14.2 Å². The van der Waals surface area contributed by atoms with Crippen LogP contribution in [0.25, 0.3) is 0 Å². The minimum Gasteiger partial charge on any atom is -0.438 e. The molecule has 1 heterocycles. The highest BCUT2D eigenvalue weighted by molar-refractivity contribution is 5.85. The van der Waals surface area contributed by atoms with Crippen LogP contribution in [0.15, 0.2) is 12.2 Å². The first-order chi connectivity index (χ1) is 5.74. The van der Waals surface area contributed by atoms with Crippen LogP contribution in [0.3, 0.4) is 0 Å². The second-order valence-corrected chi connectivity index (χ2v) is 2.28. The summed E-state index contributed by atoms with van der Waals surface area (Å²) in [6.07, 6.45) is 1.96. The topological polar surface area (TPSA) is 70.8 Å². The smallest absolute Gasteiger partial charge is 0.438 e. The van der Waals surface area contributed by atoms with Gasteiger partial charge in [0.05, 0.1) is 19.8 Å². The summed E-state index contributed by atoms with van der Waals surface area (Å²) in [6.45, 7) is 0.398. The highest BCUT2D eigenvalue weighted by Gasteiger charge is 2.23. The minimum atomic E-state index is -0.786. The van der Waals surface area contributed by atoms with Gasteiger partial charge in [-0.3, -0.25) is 0 Å². The highest BCUT2D eigenvalue weighted by Crippen LogP contribution is 2.07. The molecule has 76 valence electrons. The Hall–Kier alpha value is -0.780. The molecule has 1 rings (SSSR count). The van der Waals surface area contributed by atoms with E-state index in [0.717, 1.165) is 0 Å². The number of ether oxygens (including phenoxy) is 3. The van der Waals surface area contributed by atoms with Gasteiger partial charge in [-0.25, -0.2) is 4.79 Å². The molecule has 0 aliphatic carbocycles. The van der Waals surface area contributed by atoms with E-state index in [-0.39, 0.29) is 12.4 Å². The summed E-state index contributed by atoms with van der Waals surface area (Å²) in [6, 6.07) is -0.419. The van der Waals surface area contributed by atoms with Crippen molar-refractivity contribution in [1.29, 1.82) is 0 Å². The van der Waals surface area contributed by atoms with Crippen molar-refractivity contribution in [2.75, 3.05) is 13.7 Å². The molecule has 2 N–H and O–H groups in total. The molecule has 6 heteroatoms. The fourth-order valence-electron chi connectivity index (χ4n) is 0.820. The first-order valence-electron chi connectivity index (χ1n) is 3.52. The lowest BCUT2D eigenvalue weighted by Crippen LogP contribution is -2.40. The van der Waals surface area contributed by atoms with E-state index >= 15 is 0 Å². The lowest BCUT2D eigenvalue weighted by Gasteiger charge is -2.23. The van der Waals surface area contributed by atoms with E-state index in [4.69, 9.17) is 15.2 Å². The Bertz CT molecular complexity index is 197. The SMILES string of the molecule is COC(=O)O[C@H]1OCC=C[C@@H]1N.Cl. The van der Waals surface area contributed by atoms with E-state index in [1.54, 1.807) is 12.2 Å². The lowest BCUT2D eigenvalue weighted by molar-refractivity contribution is -0.121. The predicted octanol–water partition coefficient (Wildman–Crippen LogP) is 0.431. The van der Waals surface area contributed by atoms with Crippen molar-refractivity contribution < 1.29 is 19.0 Å². The maximum absolute atomic E-state index is 10.6. The van der Waals surface area contributed by atoms with E-state index in [1.807, 2.05) is 0 Å². The summed E-state index contributed by atoms with van der Waals surface area (Å²) in [4.78, 5) is 10.6. The third-order valence-electron chi connectivity index (χ3n) is 1.41. The number of carbonyl (C=O) groups excluding carboxylic acids is 1. The van der Waals surface area contributed by atoms with Gasteiger partial charge < -0.3 is 19.9 Å². The Labute approximate surface area is 82.2 Å². The maximum Gasteiger partial charge on any atom is 0.510 e. The molecule has 0 amide bonds. The molecule has 0 saturated carbocycles. The van der Waals surface area contributed by atoms with Crippen molar-refractivity contribution >= 4 is 18.6 Å². The summed E-state index contributed by atoms with van der Waals surface area (Å²) in [5.74, 6) is 0. The zero-order valence-electron chi connectivity index (χ0n) is 7.14. The van der Waals surface area contributed by atoms with Crippen molar-refractivity contribution in [3.8, 4) is 0 Å². The minimum absolute atomic E-state index is 0. The van der Waals surface area contributed by atoms with Crippen LogP contribution in [-0.4, -0.2) is 32.2 Å². The van der Waals surface area contributed by atoms with Crippen LogP contribution in [0.4, 0.5) is 4.79 Å². The molecule has 1 aliphatic rings. The van der Waals surface area contributed by atoms with E-state index in [0.29, 0.717) is 6.61 Å². The number of methoxy groups -OCH3 is 1. The lowest BCUT2D eigenvalue weighted by atomic mass is 10.2. The van der Waals surface area contributed by atoms with Crippen LogP contribution in [0, 0.1) is 0 Å². The van der Waals surface area contributed by atoms with Gasteiger partial charge in [-0.2, -0.15) is 0 Å². The van der Waals surface area contributed by atoms with Crippen LogP contribution in [0.1, 0.15) is 0 Å². The molecule has 2 atom stereocenters. The molecule has 0 radical (unpaired) electrons. The number of carbonyl (C=O) groups is 1. The van der Waals surface area contributed by atoms with Gasteiger partial charge >= 0.3 is 6.16 Å². The van der Waals surface area contributed by atoms with Crippen LogP contribution >= 0.6 is 12.4 Å². The van der Waals surface area contributed by atoms with E-state index in [2.05, 4.69) is 4.74 Å². The molecule has 0 unspecified atom stereocenters. The molecule has 5 nitrogen and oxygen atoms in total. The second kappa shape index (κ2) is 5.80. The van der Waals surface area contributed by atoms with E-state index in [9.17, 15) is 4.79 Å². The average molecular weight is 210 g/mol. The molecule has 0 aromatic carbocycles. The predicted molar refractivity (Wildman–Crippen MR) is 47.6 cm³/mol. The van der Waals surface area contributed by atoms with Gasteiger partial charge in [0.2, 0.25) is 6.29 Å². The van der Waals surface area contributed by atoms with Crippen LogP contribution in [0.5, 0.6) is 0 Å². The van der Waals surface area contributed by atoms with E-state index < -0.39 is 18.5 Å². The number of rotatable bonds is 1. The van der Waals surface area contributed by atoms with Gasteiger partial charge in [0.25, 0.3) is 0 Å². The van der Waals surface area contributed by atoms with Crippen molar-refractivity contribution in [1.82, 2.24) is 0 Å². The van der Waals surface area contributed by atoms with Crippen LogP contribution in [0.2, 0.25) is 0 Å². The Kier molecular flexibility index (Phi) is 5.45. The van der Waals surface area contributed by atoms with Gasteiger partial charge in [0, 0.05) is 0 Å². The fraction of sp³-hybridized carbons (Fsp3) is 0.571. The molecular formula is C7H12ClNO4. The standard InChI is InChI=1S/C7H11NO4.ClH/c1-10-7(9)12-6-5(8)3-2-4-11-6;/h2-3,5-6H,4,8H2,1H3;1H/t5-,6+;/m0./s1. The van der Waals surface area contributed by atoms with Crippen LogP contribution < -0.4 is 5.73 Å². The third kappa shape index (κ3) is 3.63. The Morgan fingerprint density at radius 3 is 2.92 bits per heavy atom. The summed E-state index contributed by atoms with van der Waals surface area (Å²) in [5.41, 5.74) is 5.54. The van der Waals surface area contributed by atoms with Crippen molar-refractivity contribution in [3.05, 3.63) is 12.2 Å². The highest BCUT2D eigenvalue weighted by atomic mass is 35.5. The van der Waals surface area contributed by atoms with Gasteiger partial charge in [-0.05, 0) is 0 Å². The molecular weight excluding hydrogens is 198 g/mol. The molecule has 13 heavy (non-hydrogen) atoms. The van der Waals surface area contributed by atoms with Gasteiger partial charge in [0.15, 0.2) is 0 Å². The summed E-state index contributed by atoms with van der Waals surface area (Å²) in [5, 5.41) is 0. The normalized spacial score (nSPS) is 26.0. The maximum atomic E-state index is 10.6. The quantitative estimate of drug-likeness (QED) is 0.501. The number of hydrogen-bond acceptors (Lipinski definition) is 5. The third-order valence-corrected chi connectivity index (χ3v) is 1.41. The number of hydrogen-bond donors (Lipinski definition) is 1.